The highest BCUT2D eigenvalue weighted by molar-refractivity contribution is 6.05. The monoisotopic (exact) mass is 396 g/mol. The number of carbonyl (C=O) groups excluding carboxylic acids is 2. The van der Waals surface area contributed by atoms with Gasteiger partial charge in [-0.15, -0.1) is 0 Å². The minimum atomic E-state index is -4.56. The van der Waals surface area contributed by atoms with Crippen molar-refractivity contribution >= 4 is 23.2 Å². The quantitative estimate of drug-likeness (QED) is 0.695. The number of rotatable bonds is 7. The summed E-state index contributed by atoms with van der Waals surface area (Å²) in [7, 11) is 1.46. The Bertz CT molecular complexity index is 836. The summed E-state index contributed by atoms with van der Waals surface area (Å²) >= 11 is 0. The van der Waals surface area contributed by atoms with Gasteiger partial charge in [0.25, 0.3) is 5.91 Å². The summed E-state index contributed by atoms with van der Waals surface area (Å²) in [5.41, 5.74) is -0.328. The van der Waals surface area contributed by atoms with Crippen LogP contribution in [-0.4, -0.2) is 32.1 Å². The van der Waals surface area contributed by atoms with E-state index in [9.17, 15) is 22.8 Å². The van der Waals surface area contributed by atoms with Gasteiger partial charge in [0.05, 0.1) is 17.9 Å². The summed E-state index contributed by atoms with van der Waals surface area (Å²) in [5, 5.41) is 4.99. The normalized spacial score (nSPS) is 11.0. The number of nitrogens with one attached hydrogen (secondary N) is 2. The molecule has 2 N–H and O–H groups in total. The second kappa shape index (κ2) is 9.23. The Kier molecular flexibility index (Phi) is 7.00. The second-order valence-electron chi connectivity index (χ2n) is 5.76. The van der Waals surface area contributed by atoms with E-state index >= 15 is 0 Å². The van der Waals surface area contributed by atoms with Crippen LogP contribution < -0.4 is 15.4 Å². The van der Waals surface area contributed by atoms with Crippen LogP contribution in [0.5, 0.6) is 5.75 Å². The Morgan fingerprint density at radius 3 is 2.25 bits per heavy atom. The Morgan fingerprint density at radius 1 is 1.00 bits per heavy atom. The highest BCUT2D eigenvalue weighted by Gasteiger charge is 2.31. The van der Waals surface area contributed by atoms with Crippen molar-refractivity contribution in [1.82, 2.24) is 0 Å². The predicted molar refractivity (Wildman–Crippen MR) is 97.5 cm³/mol. The molecule has 0 heterocycles. The van der Waals surface area contributed by atoms with Gasteiger partial charge < -0.3 is 20.1 Å². The number of anilines is 2. The zero-order valence-corrected chi connectivity index (χ0v) is 15.2. The average molecular weight is 396 g/mol. The molecular formula is C19H19F3N2O4. The second-order valence-corrected chi connectivity index (χ2v) is 5.76. The number of benzene rings is 2. The van der Waals surface area contributed by atoms with Crippen molar-refractivity contribution in [3.05, 3.63) is 53.6 Å². The molecule has 6 nitrogen and oxygen atoms in total. The molecule has 0 aromatic heterocycles. The van der Waals surface area contributed by atoms with Crippen molar-refractivity contribution in [3.8, 4) is 5.75 Å². The molecule has 0 spiro atoms. The van der Waals surface area contributed by atoms with Crippen molar-refractivity contribution in [2.75, 3.05) is 31.0 Å². The molecule has 2 amide bonds. The maximum Gasteiger partial charge on any atom is 0.416 e. The molecule has 0 radical (unpaired) electrons. The number of hydrogen-bond acceptors (Lipinski definition) is 4. The van der Waals surface area contributed by atoms with Crippen molar-refractivity contribution in [1.29, 1.82) is 0 Å². The maximum atomic E-state index is 13.0. The third kappa shape index (κ3) is 5.98. The summed E-state index contributed by atoms with van der Waals surface area (Å²) < 4.78 is 49.3. The minimum absolute atomic E-state index is 0.0910. The molecule has 0 aliphatic rings. The summed E-state index contributed by atoms with van der Waals surface area (Å²) in [4.78, 5) is 23.5. The number of alkyl halides is 3. The topological polar surface area (TPSA) is 76.7 Å². The number of amides is 2. The van der Waals surface area contributed by atoms with Crippen LogP contribution in [0, 0.1) is 0 Å². The van der Waals surface area contributed by atoms with Gasteiger partial charge in [0.15, 0.2) is 0 Å². The lowest BCUT2D eigenvalue weighted by molar-refractivity contribution is -0.137. The third-order valence-electron chi connectivity index (χ3n) is 3.57. The van der Waals surface area contributed by atoms with Crippen LogP contribution in [0.2, 0.25) is 0 Å². The van der Waals surface area contributed by atoms with Crippen molar-refractivity contribution in [3.63, 3.8) is 0 Å². The number of carbonyl (C=O) groups is 2. The molecule has 0 aliphatic carbocycles. The lowest BCUT2D eigenvalue weighted by Gasteiger charge is -2.15. The standard InChI is InChI=1S/C19H19F3N2O4/c1-12(25)23-15-6-3-13(4-7-15)18(26)24-16-11-14(19(20,21)22)5-8-17(16)28-10-9-27-2/h3-8,11H,9-10H2,1-2H3,(H,23,25)(H,24,26). The third-order valence-corrected chi connectivity index (χ3v) is 3.57. The maximum absolute atomic E-state index is 13.0. The smallest absolute Gasteiger partial charge is 0.416 e. The molecule has 0 saturated carbocycles. The van der Waals surface area contributed by atoms with Crippen LogP contribution in [-0.2, 0) is 15.7 Å². The van der Waals surface area contributed by atoms with E-state index in [1.807, 2.05) is 0 Å². The van der Waals surface area contributed by atoms with E-state index in [0.717, 1.165) is 18.2 Å². The summed E-state index contributed by atoms with van der Waals surface area (Å²) in [6.07, 6.45) is -4.56. The zero-order valence-electron chi connectivity index (χ0n) is 15.2. The van der Waals surface area contributed by atoms with Crippen LogP contribution in [0.25, 0.3) is 0 Å². The van der Waals surface area contributed by atoms with E-state index < -0.39 is 17.6 Å². The van der Waals surface area contributed by atoms with Crippen molar-refractivity contribution in [2.45, 2.75) is 13.1 Å². The van der Waals surface area contributed by atoms with Gasteiger partial charge in [-0.05, 0) is 42.5 Å². The first-order valence-electron chi connectivity index (χ1n) is 8.22. The van der Waals surface area contributed by atoms with E-state index in [4.69, 9.17) is 9.47 Å². The Balaban J connectivity index is 2.23. The fraction of sp³-hybridized carbons (Fsp3) is 0.263. The van der Waals surface area contributed by atoms with Crippen LogP contribution in [0.3, 0.4) is 0 Å². The van der Waals surface area contributed by atoms with Crippen LogP contribution in [0.1, 0.15) is 22.8 Å². The van der Waals surface area contributed by atoms with Crippen LogP contribution >= 0.6 is 0 Å². The largest absolute Gasteiger partial charge is 0.489 e. The van der Waals surface area contributed by atoms with Gasteiger partial charge in [-0.3, -0.25) is 9.59 Å². The fourth-order valence-corrected chi connectivity index (χ4v) is 2.27. The number of ether oxygens (including phenoxy) is 2. The van der Waals surface area contributed by atoms with Gasteiger partial charge in [0.2, 0.25) is 5.91 Å². The molecule has 2 aromatic rings. The molecule has 150 valence electrons. The zero-order chi connectivity index (χ0) is 20.7. The van der Waals surface area contributed by atoms with E-state index in [-0.39, 0.29) is 36.1 Å². The highest BCUT2D eigenvalue weighted by Crippen LogP contribution is 2.35. The van der Waals surface area contributed by atoms with Gasteiger partial charge in [-0.25, -0.2) is 0 Å². The summed E-state index contributed by atoms with van der Waals surface area (Å²) in [6.45, 7) is 1.69. The molecule has 0 unspecified atom stereocenters. The number of methoxy groups -OCH3 is 1. The average Bonchev–Trinajstić information content (AvgIpc) is 2.62. The van der Waals surface area contributed by atoms with E-state index in [1.165, 1.54) is 38.3 Å². The molecular weight excluding hydrogens is 377 g/mol. The van der Waals surface area contributed by atoms with Gasteiger partial charge >= 0.3 is 6.18 Å². The predicted octanol–water partition coefficient (Wildman–Crippen LogP) is 3.94. The number of halogens is 3. The first-order chi connectivity index (χ1) is 13.2. The molecule has 0 atom stereocenters. The highest BCUT2D eigenvalue weighted by atomic mass is 19.4. The number of hydrogen-bond donors (Lipinski definition) is 2. The Morgan fingerprint density at radius 2 is 1.68 bits per heavy atom. The first kappa shape index (κ1) is 21.2. The van der Waals surface area contributed by atoms with Crippen molar-refractivity contribution < 1.29 is 32.2 Å². The fourth-order valence-electron chi connectivity index (χ4n) is 2.27. The van der Waals surface area contributed by atoms with Gasteiger partial charge in [-0.2, -0.15) is 13.2 Å². The summed E-state index contributed by atoms with van der Waals surface area (Å²) in [6, 6.07) is 8.75. The molecule has 9 heteroatoms. The van der Waals surface area contributed by atoms with Gasteiger partial charge in [-0.1, -0.05) is 0 Å². The molecule has 0 bridgehead atoms. The molecule has 0 aliphatic heterocycles. The van der Waals surface area contributed by atoms with Crippen LogP contribution in [0.4, 0.5) is 24.5 Å². The van der Waals surface area contributed by atoms with Crippen LogP contribution in [0.15, 0.2) is 42.5 Å². The van der Waals surface area contributed by atoms with E-state index in [2.05, 4.69) is 10.6 Å². The Hall–Kier alpha value is -3.07. The minimum Gasteiger partial charge on any atom is -0.489 e. The van der Waals surface area contributed by atoms with E-state index in [0.29, 0.717) is 5.69 Å². The lowest BCUT2D eigenvalue weighted by Crippen LogP contribution is -2.15. The van der Waals surface area contributed by atoms with Crippen molar-refractivity contribution in [2.24, 2.45) is 0 Å². The van der Waals surface area contributed by atoms with Gasteiger partial charge in [0.1, 0.15) is 12.4 Å². The van der Waals surface area contributed by atoms with E-state index in [1.54, 1.807) is 0 Å². The molecule has 28 heavy (non-hydrogen) atoms. The molecule has 0 saturated heterocycles. The molecule has 2 aromatic carbocycles. The molecule has 2 rings (SSSR count). The lowest BCUT2D eigenvalue weighted by atomic mass is 10.1. The first-order valence-corrected chi connectivity index (χ1v) is 8.22. The Labute approximate surface area is 159 Å². The molecule has 0 fully saturated rings. The SMILES string of the molecule is COCCOc1ccc(C(F)(F)F)cc1NC(=O)c1ccc(NC(C)=O)cc1. The van der Waals surface area contributed by atoms with Gasteiger partial charge in [0, 0.05) is 25.3 Å². The summed E-state index contributed by atoms with van der Waals surface area (Å²) in [5.74, 6) is -0.794.